The number of rotatable bonds is 6. The van der Waals surface area contributed by atoms with Crippen LogP contribution in [0.4, 0.5) is 0 Å². The zero-order valence-corrected chi connectivity index (χ0v) is 20.8. The molecule has 180 valence electrons. The molecule has 0 aliphatic rings. The van der Waals surface area contributed by atoms with Gasteiger partial charge in [-0.15, -0.1) is 0 Å². The predicted octanol–water partition coefficient (Wildman–Crippen LogP) is 6.14. The van der Waals surface area contributed by atoms with Gasteiger partial charge >= 0.3 is 0 Å². The van der Waals surface area contributed by atoms with Crippen molar-refractivity contribution in [2.75, 3.05) is 0 Å². The van der Waals surface area contributed by atoms with Crippen LogP contribution in [0.25, 0.3) is 28.0 Å². The van der Waals surface area contributed by atoms with E-state index in [9.17, 15) is 4.79 Å². The number of nitrogens with zero attached hydrogens (tertiary/aromatic N) is 4. The molecule has 2 heterocycles. The van der Waals surface area contributed by atoms with Gasteiger partial charge in [0, 0.05) is 28.2 Å². The van der Waals surface area contributed by atoms with Gasteiger partial charge in [-0.3, -0.25) is 4.79 Å². The molecule has 0 amide bonds. The molecule has 2 aromatic heterocycles. The highest BCUT2D eigenvalue weighted by Gasteiger charge is 2.14. The fourth-order valence-corrected chi connectivity index (χ4v) is 4.39. The molecule has 0 radical (unpaired) electrons. The number of hydrogen-bond acceptors (Lipinski definition) is 4. The Balaban J connectivity index is 1.57. The quantitative estimate of drug-likeness (QED) is 0.277. The van der Waals surface area contributed by atoms with Crippen molar-refractivity contribution < 1.29 is 4.74 Å². The zero-order chi connectivity index (χ0) is 25.2. The van der Waals surface area contributed by atoms with Crippen LogP contribution in [-0.2, 0) is 0 Å². The first-order chi connectivity index (χ1) is 17.4. The molecule has 3 aromatic carbocycles. The monoisotopic (exact) mass is 476 g/mol. The summed E-state index contributed by atoms with van der Waals surface area (Å²) in [4.78, 5) is 18.2. The smallest absolute Gasteiger partial charge is 0.282 e. The van der Waals surface area contributed by atoms with Crippen molar-refractivity contribution in [1.82, 2.24) is 14.2 Å². The Labute approximate surface area is 210 Å². The van der Waals surface area contributed by atoms with E-state index in [1.807, 2.05) is 93.6 Å². The van der Waals surface area contributed by atoms with Crippen LogP contribution in [0.3, 0.4) is 0 Å². The molecule has 0 aliphatic carbocycles. The van der Waals surface area contributed by atoms with Crippen LogP contribution in [0.1, 0.15) is 30.8 Å². The Bertz CT molecular complexity index is 1610. The molecule has 6 heteroatoms. The van der Waals surface area contributed by atoms with Crippen molar-refractivity contribution >= 4 is 17.1 Å². The van der Waals surface area contributed by atoms with E-state index in [0.717, 1.165) is 34.0 Å². The van der Waals surface area contributed by atoms with Crippen molar-refractivity contribution in [3.8, 4) is 22.8 Å². The topological polar surface area (TPSA) is 61.4 Å². The molecular weight excluding hydrogens is 448 g/mol. The van der Waals surface area contributed by atoms with E-state index >= 15 is 0 Å². The van der Waals surface area contributed by atoms with Gasteiger partial charge in [-0.05, 0) is 70.2 Å². The van der Waals surface area contributed by atoms with Gasteiger partial charge in [-0.2, -0.15) is 9.78 Å². The van der Waals surface area contributed by atoms with E-state index < -0.39 is 0 Å². The summed E-state index contributed by atoms with van der Waals surface area (Å²) in [5.41, 5.74) is 5.33. The maximum atomic E-state index is 13.4. The maximum absolute atomic E-state index is 13.4. The van der Waals surface area contributed by atoms with Crippen LogP contribution in [0, 0.1) is 13.8 Å². The molecule has 5 rings (SSSR count). The summed E-state index contributed by atoms with van der Waals surface area (Å²) >= 11 is 0. The average molecular weight is 477 g/mol. The molecule has 0 atom stereocenters. The van der Waals surface area contributed by atoms with E-state index in [-0.39, 0.29) is 11.7 Å². The zero-order valence-electron chi connectivity index (χ0n) is 20.8. The number of benzene rings is 3. The lowest BCUT2D eigenvalue weighted by atomic mass is 10.2. The minimum Gasteiger partial charge on any atom is -0.491 e. The van der Waals surface area contributed by atoms with E-state index in [1.54, 1.807) is 12.3 Å². The van der Waals surface area contributed by atoms with Crippen LogP contribution in [-0.4, -0.2) is 26.5 Å². The van der Waals surface area contributed by atoms with Gasteiger partial charge in [0.25, 0.3) is 5.56 Å². The molecule has 0 aliphatic heterocycles. The van der Waals surface area contributed by atoms with Crippen LogP contribution < -0.4 is 10.3 Å². The summed E-state index contributed by atoms with van der Waals surface area (Å²) in [6, 6.07) is 27.1. The summed E-state index contributed by atoms with van der Waals surface area (Å²) in [6.45, 7) is 8.13. The fourth-order valence-electron chi connectivity index (χ4n) is 4.39. The first kappa shape index (κ1) is 23.3. The molecule has 5 aromatic rings. The van der Waals surface area contributed by atoms with Crippen LogP contribution >= 0.6 is 0 Å². The fraction of sp³-hybridized carbons (Fsp3) is 0.167. The minimum absolute atomic E-state index is 0.127. The summed E-state index contributed by atoms with van der Waals surface area (Å²) < 4.78 is 9.34. The lowest BCUT2D eigenvalue weighted by molar-refractivity contribution is 0.242. The summed E-state index contributed by atoms with van der Waals surface area (Å²) in [6.07, 6.45) is 1.86. The Hall–Kier alpha value is -4.45. The summed E-state index contributed by atoms with van der Waals surface area (Å²) in [5.74, 6) is 1.35. The second kappa shape index (κ2) is 9.66. The van der Waals surface area contributed by atoms with Gasteiger partial charge in [0.05, 0.1) is 23.2 Å². The van der Waals surface area contributed by atoms with Gasteiger partial charge in [-0.1, -0.05) is 42.5 Å². The number of para-hydroxylation sites is 1. The molecule has 0 N–H and O–H groups in total. The Kier molecular flexibility index (Phi) is 6.25. The number of aryl methyl sites for hydroxylation is 1. The molecule has 6 nitrogen and oxygen atoms in total. The van der Waals surface area contributed by atoms with Gasteiger partial charge in [0.1, 0.15) is 5.75 Å². The standard InChI is InChI=1S/C30H28N4O2/c1-20(2)36-26-16-14-25(15-17-26)33-21(3)18-24(22(33)4)19-31-34-29(23-10-6-5-7-11-23)32-28-13-9-8-12-27(28)30(34)35/h5-20H,1-4H3. The highest BCUT2D eigenvalue weighted by atomic mass is 16.5. The normalized spacial score (nSPS) is 11.6. The summed E-state index contributed by atoms with van der Waals surface area (Å²) in [5, 5.41) is 5.17. The maximum Gasteiger partial charge on any atom is 0.282 e. The largest absolute Gasteiger partial charge is 0.491 e. The summed E-state index contributed by atoms with van der Waals surface area (Å²) in [7, 11) is 0. The first-order valence-electron chi connectivity index (χ1n) is 12.0. The van der Waals surface area contributed by atoms with Gasteiger partial charge in [-0.25, -0.2) is 4.98 Å². The second-order valence-electron chi connectivity index (χ2n) is 9.00. The average Bonchev–Trinajstić information content (AvgIpc) is 3.16. The Morgan fingerprint density at radius 2 is 1.61 bits per heavy atom. The van der Waals surface area contributed by atoms with Gasteiger partial charge in [0.15, 0.2) is 5.82 Å². The molecule has 36 heavy (non-hydrogen) atoms. The van der Waals surface area contributed by atoms with E-state index in [4.69, 9.17) is 9.72 Å². The third-order valence-corrected chi connectivity index (χ3v) is 6.04. The van der Waals surface area contributed by atoms with E-state index in [1.165, 1.54) is 4.68 Å². The molecular formula is C30H28N4O2. The van der Waals surface area contributed by atoms with Crippen molar-refractivity contribution in [1.29, 1.82) is 0 Å². The third kappa shape index (κ3) is 4.45. The van der Waals surface area contributed by atoms with Crippen molar-refractivity contribution in [2.24, 2.45) is 5.10 Å². The van der Waals surface area contributed by atoms with Crippen LogP contribution in [0.2, 0.25) is 0 Å². The predicted molar refractivity (Wildman–Crippen MR) is 145 cm³/mol. The van der Waals surface area contributed by atoms with Crippen LogP contribution in [0.15, 0.2) is 94.8 Å². The molecule has 0 bridgehead atoms. The number of ether oxygens (including phenoxy) is 1. The molecule has 0 saturated heterocycles. The molecule has 0 unspecified atom stereocenters. The Morgan fingerprint density at radius 3 is 2.33 bits per heavy atom. The van der Waals surface area contributed by atoms with E-state index in [0.29, 0.717) is 16.7 Å². The van der Waals surface area contributed by atoms with Gasteiger partial charge in [0.2, 0.25) is 0 Å². The molecule has 0 saturated carbocycles. The molecule has 0 fully saturated rings. The van der Waals surface area contributed by atoms with Crippen molar-refractivity contribution in [2.45, 2.75) is 33.8 Å². The first-order valence-corrected chi connectivity index (χ1v) is 12.0. The second-order valence-corrected chi connectivity index (χ2v) is 9.00. The lowest BCUT2D eigenvalue weighted by Crippen LogP contribution is -2.20. The SMILES string of the molecule is Cc1cc(C=Nn2c(-c3ccccc3)nc3ccccc3c2=O)c(C)n1-c1ccc(OC(C)C)cc1. The van der Waals surface area contributed by atoms with Crippen LogP contribution in [0.5, 0.6) is 5.75 Å². The van der Waals surface area contributed by atoms with Crippen molar-refractivity contribution in [3.05, 3.63) is 112 Å². The minimum atomic E-state index is -0.203. The number of hydrogen-bond donors (Lipinski definition) is 0. The van der Waals surface area contributed by atoms with Gasteiger partial charge < -0.3 is 9.30 Å². The van der Waals surface area contributed by atoms with E-state index in [2.05, 4.69) is 22.7 Å². The third-order valence-electron chi connectivity index (χ3n) is 6.04. The van der Waals surface area contributed by atoms with Crippen molar-refractivity contribution in [3.63, 3.8) is 0 Å². The molecule has 0 spiro atoms. The number of fused-ring (bicyclic) bond motifs is 1. The highest BCUT2D eigenvalue weighted by molar-refractivity contribution is 5.83. The lowest BCUT2D eigenvalue weighted by Gasteiger charge is -2.13. The number of aromatic nitrogens is 3. The highest BCUT2D eigenvalue weighted by Crippen LogP contribution is 2.23. The Morgan fingerprint density at radius 1 is 0.917 bits per heavy atom.